The fraction of sp³-hybridized carbons (Fsp3) is 0.360. The number of anilines is 4. The van der Waals surface area contributed by atoms with Crippen molar-refractivity contribution < 1.29 is 28.9 Å². The molecule has 4 N–H and O–H groups in total. The number of aromatic nitrogens is 3. The standard InChI is InChI=1S/C25H31FN6O5/c1-3-36-21(22(34)35)16-17-4-10-20(11-5-17)37-15-13-32(2)25-30-23(27-12-14-33)29-24(31-25)28-19-8-6-18(26)7-9-19/h4-11,21,33H,3,12-16H2,1-2H3,(H,34,35)(H2,27,28,29,30,31). The third-order valence-corrected chi connectivity index (χ3v) is 5.14. The molecule has 0 radical (unpaired) electrons. The molecule has 1 aromatic heterocycles. The molecule has 2 aromatic carbocycles. The summed E-state index contributed by atoms with van der Waals surface area (Å²) in [6.45, 7) is 3.05. The number of aliphatic carboxylic acids is 1. The van der Waals surface area contributed by atoms with Gasteiger partial charge in [0.05, 0.1) is 13.2 Å². The van der Waals surface area contributed by atoms with Gasteiger partial charge in [-0.1, -0.05) is 12.1 Å². The van der Waals surface area contributed by atoms with E-state index in [1.165, 1.54) is 12.1 Å². The van der Waals surface area contributed by atoms with Crippen LogP contribution in [-0.4, -0.2) is 77.2 Å². The highest BCUT2D eigenvalue weighted by Crippen LogP contribution is 2.18. The highest BCUT2D eigenvalue weighted by molar-refractivity contribution is 5.72. The maximum absolute atomic E-state index is 13.2. The van der Waals surface area contributed by atoms with E-state index < -0.39 is 12.1 Å². The number of benzene rings is 2. The second-order valence-corrected chi connectivity index (χ2v) is 7.97. The van der Waals surface area contributed by atoms with Crippen LogP contribution in [0.5, 0.6) is 5.75 Å². The van der Waals surface area contributed by atoms with Crippen molar-refractivity contribution in [3.63, 3.8) is 0 Å². The molecule has 37 heavy (non-hydrogen) atoms. The minimum absolute atomic E-state index is 0.0905. The molecule has 0 fully saturated rings. The predicted octanol–water partition coefficient (Wildman–Crippen LogP) is 2.71. The van der Waals surface area contributed by atoms with Crippen LogP contribution in [-0.2, 0) is 16.0 Å². The van der Waals surface area contributed by atoms with Gasteiger partial charge in [0.25, 0.3) is 0 Å². The normalized spacial score (nSPS) is 11.6. The summed E-state index contributed by atoms with van der Waals surface area (Å²) in [6, 6.07) is 13.0. The molecule has 0 amide bonds. The number of likely N-dealkylation sites (N-methyl/N-ethyl adjacent to an activating group) is 1. The summed E-state index contributed by atoms with van der Waals surface area (Å²) in [4.78, 5) is 26.2. The summed E-state index contributed by atoms with van der Waals surface area (Å²) in [6.07, 6.45) is -0.614. The summed E-state index contributed by atoms with van der Waals surface area (Å²) in [5, 5.41) is 24.3. The average molecular weight is 515 g/mol. The van der Waals surface area contributed by atoms with Gasteiger partial charge in [0.1, 0.15) is 18.2 Å². The summed E-state index contributed by atoms with van der Waals surface area (Å²) in [5.74, 6) is 0.200. The van der Waals surface area contributed by atoms with Gasteiger partial charge in [-0.3, -0.25) is 0 Å². The third kappa shape index (κ3) is 8.85. The fourth-order valence-electron chi connectivity index (χ4n) is 3.26. The Bertz CT molecular complexity index is 1130. The molecule has 1 atom stereocenters. The van der Waals surface area contributed by atoms with Gasteiger partial charge in [-0.15, -0.1) is 0 Å². The van der Waals surface area contributed by atoms with Gasteiger partial charge < -0.3 is 35.2 Å². The van der Waals surface area contributed by atoms with E-state index in [2.05, 4.69) is 25.6 Å². The molecule has 0 aliphatic heterocycles. The van der Waals surface area contributed by atoms with E-state index in [0.717, 1.165) is 5.56 Å². The second kappa shape index (κ2) is 13.9. The van der Waals surface area contributed by atoms with Crippen LogP contribution in [0.1, 0.15) is 12.5 Å². The third-order valence-electron chi connectivity index (χ3n) is 5.14. The van der Waals surface area contributed by atoms with Crippen LogP contribution in [0.15, 0.2) is 48.5 Å². The van der Waals surface area contributed by atoms with Crippen molar-refractivity contribution in [1.29, 1.82) is 0 Å². The van der Waals surface area contributed by atoms with Crippen molar-refractivity contribution in [2.24, 2.45) is 0 Å². The number of carboxylic acids is 1. The maximum Gasteiger partial charge on any atom is 0.333 e. The number of ether oxygens (including phenoxy) is 2. The number of nitrogens with one attached hydrogen (secondary N) is 2. The first-order chi connectivity index (χ1) is 17.9. The number of halogens is 1. The predicted molar refractivity (Wildman–Crippen MR) is 137 cm³/mol. The van der Waals surface area contributed by atoms with Crippen LogP contribution in [0.4, 0.5) is 27.9 Å². The second-order valence-electron chi connectivity index (χ2n) is 7.97. The molecule has 0 aliphatic carbocycles. The molecular weight excluding hydrogens is 483 g/mol. The minimum Gasteiger partial charge on any atom is -0.492 e. The zero-order valence-electron chi connectivity index (χ0n) is 20.7. The molecule has 12 heteroatoms. The van der Waals surface area contributed by atoms with E-state index in [9.17, 15) is 14.3 Å². The van der Waals surface area contributed by atoms with Gasteiger partial charge in [0, 0.05) is 32.3 Å². The lowest BCUT2D eigenvalue weighted by Gasteiger charge is -2.19. The van der Waals surface area contributed by atoms with Gasteiger partial charge >= 0.3 is 5.97 Å². The smallest absolute Gasteiger partial charge is 0.333 e. The summed E-state index contributed by atoms with van der Waals surface area (Å²) in [7, 11) is 1.80. The van der Waals surface area contributed by atoms with E-state index in [0.29, 0.717) is 37.1 Å². The summed E-state index contributed by atoms with van der Waals surface area (Å²) >= 11 is 0. The molecule has 3 aromatic rings. The maximum atomic E-state index is 13.2. The average Bonchev–Trinajstić information content (AvgIpc) is 2.89. The van der Waals surface area contributed by atoms with Crippen LogP contribution in [0.25, 0.3) is 0 Å². The minimum atomic E-state index is -0.991. The highest BCUT2D eigenvalue weighted by Gasteiger charge is 2.18. The largest absolute Gasteiger partial charge is 0.492 e. The molecule has 0 bridgehead atoms. The number of carboxylic acid groups (broad SMARTS) is 1. The number of hydrogen-bond acceptors (Lipinski definition) is 10. The van der Waals surface area contributed by atoms with E-state index >= 15 is 0 Å². The van der Waals surface area contributed by atoms with Gasteiger partial charge in [-0.25, -0.2) is 9.18 Å². The lowest BCUT2D eigenvalue weighted by atomic mass is 10.1. The van der Waals surface area contributed by atoms with E-state index in [4.69, 9.17) is 14.6 Å². The number of aliphatic hydroxyl groups is 1. The Morgan fingerprint density at radius 3 is 2.43 bits per heavy atom. The Morgan fingerprint density at radius 2 is 1.78 bits per heavy atom. The van der Waals surface area contributed by atoms with E-state index in [-0.39, 0.29) is 37.3 Å². The molecule has 1 heterocycles. The van der Waals surface area contributed by atoms with E-state index in [1.54, 1.807) is 43.1 Å². The highest BCUT2D eigenvalue weighted by atomic mass is 19.1. The molecule has 0 spiro atoms. The van der Waals surface area contributed by atoms with Crippen LogP contribution in [0, 0.1) is 5.82 Å². The Kier molecular flexibility index (Phi) is 10.4. The molecule has 0 saturated heterocycles. The molecule has 3 rings (SSSR count). The van der Waals surface area contributed by atoms with Crippen molar-refractivity contribution in [3.05, 3.63) is 59.9 Å². The van der Waals surface area contributed by atoms with Crippen molar-refractivity contribution in [1.82, 2.24) is 15.0 Å². The van der Waals surface area contributed by atoms with Gasteiger partial charge in [0.15, 0.2) is 6.10 Å². The van der Waals surface area contributed by atoms with Crippen molar-refractivity contribution >= 4 is 29.5 Å². The first-order valence-corrected chi connectivity index (χ1v) is 11.8. The Balaban J connectivity index is 1.60. The van der Waals surface area contributed by atoms with Crippen molar-refractivity contribution in [2.45, 2.75) is 19.4 Å². The molecule has 198 valence electrons. The van der Waals surface area contributed by atoms with Crippen LogP contribution < -0.4 is 20.3 Å². The molecule has 0 aliphatic rings. The van der Waals surface area contributed by atoms with E-state index in [1.807, 2.05) is 12.1 Å². The molecule has 11 nitrogen and oxygen atoms in total. The Labute approximate surface area is 214 Å². The zero-order valence-corrected chi connectivity index (χ0v) is 20.7. The first kappa shape index (κ1) is 27.6. The quantitative estimate of drug-likeness (QED) is 0.238. The summed E-state index contributed by atoms with van der Waals surface area (Å²) < 4.78 is 24.3. The number of rotatable bonds is 15. The van der Waals surface area contributed by atoms with Gasteiger partial charge in [0.2, 0.25) is 17.8 Å². The van der Waals surface area contributed by atoms with Crippen LogP contribution in [0.3, 0.4) is 0 Å². The lowest BCUT2D eigenvalue weighted by Crippen LogP contribution is -2.27. The van der Waals surface area contributed by atoms with Crippen LogP contribution in [0.2, 0.25) is 0 Å². The topological polar surface area (TPSA) is 142 Å². The Morgan fingerprint density at radius 1 is 1.08 bits per heavy atom. The monoisotopic (exact) mass is 514 g/mol. The lowest BCUT2D eigenvalue weighted by molar-refractivity contribution is -0.149. The number of aliphatic hydroxyl groups excluding tert-OH is 1. The number of carbonyl (C=O) groups is 1. The van der Waals surface area contributed by atoms with Crippen LogP contribution >= 0.6 is 0 Å². The van der Waals surface area contributed by atoms with Crippen molar-refractivity contribution in [3.8, 4) is 5.75 Å². The molecular formula is C25H31FN6O5. The zero-order chi connectivity index (χ0) is 26.6. The summed E-state index contributed by atoms with van der Waals surface area (Å²) in [5.41, 5.74) is 1.44. The number of hydrogen-bond donors (Lipinski definition) is 4. The first-order valence-electron chi connectivity index (χ1n) is 11.8. The fourth-order valence-corrected chi connectivity index (χ4v) is 3.26. The van der Waals surface area contributed by atoms with Gasteiger partial charge in [-0.05, 0) is 48.9 Å². The molecule has 1 unspecified atom stereocenters. The SMILES string of the molecule is CCOC(Cc1ccc(OCCN(C)c2nc(NCCO)nc(Nc3ccc(F)cc3)n2)cc1)C(=O)O. The number of nitrogens with zero attached hydrogens (tertiary/aromatic N) is 4. The molecule has 0 saturated carbocycles. The van der Waals surface area contributed by atoms with Crippen molar-refractivity contribution in [2.75, 3.05) is 55.5 Å². The Hall–Kier alpha value is -4.03. The van der Waals surface area contributed by atoms with Gasteiger partial charge in [-0.2, -0.15) is 15.0 Å².